The molecule has 3 aromatic rings. The molecule has 0 bridgehead atoms. The minimum absolute atomic E-state index is 0.165. The van der Waals surface area contributed by atoms with E-state index in [0.717, 1.165) is 11.1 Å². The fourth-order valence-electron chi connectivity index (χ4n) is 2.26. The van der Waals surface area contributed by atoms with Gasteiger partial charge in [0.05, 0.1) is 22.9 Å². The van der Waals surface area contributed by atoms with Gasteiger partial charge in [0.1, 0.15) is 0 Å². The van der Waals surface area contributed by atoms with Crippen LogP contribution in [0.15, 0.2) is 55.0 Å². The van der Waals surface area contributed by atoms with Gasteiger partial charge in [0, 0.05) is 35.3 Å². The lowest BCUT2D eigenvalue weighted by atomic mass is 9.98. The first-order chi connectivity index (χ1) is 10.7. The number of carboxylic acids is 1. The Labute approximate surface area is 126 Å². The van der Waals surface area contributed by atoms with E-state index in [4.69, 9.17) is 5.11 Å². The molecule has 0 saturated carbocycles. The number of H-pyrrole nitrogens is 1. The molecule has 0 amide bonds. The number of nitrogens with one attached hydrogen (secondary N) is 1. The van der Waals surface area contributed by atoms with Crippen LogP contribution in [0.3, 0.4) is 0 Å². The van der Waals surface area contributed by atoms with Gasteiger partial charge in [-0.1, -0.05) is 12.1 Å². The van der Waals surface area contributed by atoms with Crippen LogP contribution >= 0.6 is 0 Å². The molecule has 2 aromatic heterocycles. The van der Waals surface area contributed by atoms with E-state index in [-0.39, 0.29) is 5.56 Å². The second kappa shape index (κ2) is 5.54. The number of rotatable bonds is 3. The van der Waals surface area contributed by atoms with Crippen molar-refractivity contribution < 1.29 is 9.90 Å². The minimum Gasteiger partial charge on any atom is -0.478 e. The Morgan fingerprint density at radius 2 is 2.05 bits per heavy atom. The Morgan fingerprint density at radius 1 is 1.18 bits per heavy atom. The van der Waals surface area contributed by atoms with Crippen LogP contribution in [0.1, 0.15) is 15.9 Å². The second-order valence-electron chi connectivity index (χ2n) is 4.71. The zero-order chi connectivity index (χ0) is 15.5. The van der Waals surface area contributed by atoms with Crippen LogP contribution in [0.25, 0.3) is 22.4 Å². The molecule has 0 aliphatic rings. The number of aromatic carboxylic acids is 1. The largest absolute Gasteiger partial charge is 0.478 e. The first kappa shape index (κ1) is 13.6. The molecule has 0 unspecified atom stereocenters. The van der Waals surface area contributed by atoms with Crippen LogP contribution in [-0.2, 0) is 0 Å². The molecule has 0 saturated heterocycles. The number of hydrogen-bond acceptors (Lipinski definition) is 3. The van der Waals surface area contributed by atoms with Crippen LogP contribution in [0.4, 0.5) is 0 Å². The fraction of sp³-hybridized carbons (Fsp3) is 0. The van der Waals surface area contributed by atoms with E-state index in [2.05, 4.69) is 16.0 Å². The highest BCUT2D eigenvalue weighted by Gasteiger charge is 2.10. The van der Waals surface area contributed by atoms with Crippen LogP contribution in [-0.4, -0.2) is 21.0 Å². The van der Waals surface area contributed by atoms with Gasteiger partial charge >= 0.3 is 5.97 Å². The van der Waals surface area contributed by atoms with E-state index in [1.165, 1.54) is 18.3 Å². The van der Waals surface area contributed by atoms with Gasteiger partial charge in [0.15, 0.2) is 0 Å². The van der Waals surface area contributed by atoms with Gasteiger partial charge in [-0.25, -0.2) is 4.79 Å². The number of nitrogens with zero attached hydrogens (tertiary/aromatic N) is 2. The topological polar surface area (TPSA) is 89.8 Å². The maximum absolute atomic E-state index is 11.0. The van der Waals surface area contributed by atoms with Gasteiger partial charge in [-0.05, 0) is 24.3 Å². The summed E-state index contributed by atoms with van der Waals surface area (Å²) < 4.78 is 0. The molecule has 2 N–H and O–H groups in total. The molecule has 0 atom stereocenters. The standard InChI is InChI=1S/C17H11N3O2/c18-9-14-7-11(1-2-15(14)13-3-5-19-10-13)16-8-12(17(21)22)4-6-20-16/h1-8,10,19H,(H,21,22). The summed E-state index contributed by atoms with van der Waals surface area (Å²) in [5, 5.41) is 18.4. The van der Waals surface area contributed by atoms with Crippen molar-refractivity contribution in [1.29, 1.82) is 5.26 Å². The number of pyridine rings is 1. The van der Waals surface area contributed by atoms with E-state index in [0.29, 0.717) is 16.8 Å². The summed E-state index contributed by atoms with van der Waals surface area (Å²) in [4.78, 5) is 18.2. The van der Waals surface area contributed by atoms with Crippen molar-refractivity contribution in [3.05, 3.63) is 66.1 Å². The molecule has 5 nitrogen and oxygen atoms in total. The SMILES string of the molecule is N#Cc1cc(-c2cc(C(=O)O)ccn2)ccc1-c1cc[nH]c1. The first-order valence-corrected chi connectivity index (χ1v) is 6.56. The number of aromatic nitrogens is 2. The number of hydrogen-bond donors (Lipinski definition) is 2. The molecule has 22 heavy (non-hydrogen) atoms. The van der Waals surface area contributed by atoms with Gasteiger partial charge in [-0.15, -0.1) is 0 Å². The molecule has 0 spiro atoms. The zero-order valence-electron chi connectivity index (χ0n) is 11.4. The highest BCUT2D eigenvalue weighted by Crippen LogP contribution is 2.27. The minimum atomic E-state index is -1.01. The Kier molecular flexibility index (Phi) is 3.42. The van der Waals surface area contributed by atoms with E-state index >= 15 is 0 Å². The van der Waals surface area contributed by atoms with Gasteiger partial charge in [0.25, 0.3) is 0 Å². The summed E-state index contributed by atoms with van der Waals surface area (Å²) in [6.45, 7) is 0. The predicted octanol–water partition coefficient (Wildman–Crippen LogP) is 3.31. The number of carboxylic acid groups (broad SMARTS) is 1. The molecule has 0 aliphatic heterocycles. The molecule has 0 radical (unpaired) electrons. The average Bonchev–Trinajstić information content (AvgIpc) is 3.08. The van der Waals surface area contributed by atoms with E-state index in [1.807, 2.05) is 24.4 Å². The summed E-state index contributed by atoms with van der Waals surface area (Å²) in [7, 11) is 0. The smallest absolute Gasteiger partial charge is 0.335 e. The predicted molar refractivity (Wildman–Crippen MR) is 81.1 cm³/mol. The molecule has 1 aromatic carbocycles. The molecule has 0 aliphatic carbocycles. The molecule has 106 valence electrons. The summed E-state index contributed by atoms with van der Waals surface area (Å²) in [6.07, 6.45) is 5.06. The van der Waals surface area contributed by atoms with Gasteiger partial charge in [0.2, 0.25) is 0 Å². The van der Waals surface area contributed by atoms with Crippen molar-refractivity contribution in [1.82, 2.24) is 9.97 Å². The summed E-state index contributed by atoms with van der Waals surface area (Å²) in [5.74, 6) is -1.01. The van der Waals surface area contributed by atoms with Gasteiger partial charge in [-0.2, -0.15) is 5.26 Å². The highest BCUT2D eigenvalue weighted by molar-refractivity contribution is 5.89. The lowest BCUT2D eigenvalue weighted by molar-refractivity contribution is 0.0697. The van der Waals surface area contributed by atoms with Gasteiger partial charge in [-0.3, -0.25) is 4.98 Å². The second-order valence-corrected chi connectivity index (χ2v) is 4.71. The maximum atomic E-state index is 11.0. The molecule has 0 fully saturated rings. The summed E-state index contributed by atoms with van der Waals surface area (Å²) >= 11 is 0. The molecule has 3 rings (SSSR count). The molecular formula is C17H11N3O2. The summed E-state index contributed by atoms with van der Waals surface area (Å²) in [5.41, 5.74) is 3.66. The molecular weight excluding hydrogens is 278 g/mol. The monoisotopic (exact) mass is 289 g/mol. The van der Waals surface area contributed by atoms with Crippen molar-refractivity contribution >= 4 is 5.97 Å². The van der Waals surface area contributed by atoms with Crippen molar-refractivity contribution in [3.8, 4) is 28.5 Å². The highest BCUT2D eigenvalue weighted by atomic mass is 16.4. The average molecular weight is 289 g/mol. The quantitative estimate of drug-likeness (QED) is 0.774. The lowest BCUT2D eigenvalue weighted by Gasteiger charge is -2.06. The Morgan fingerprint density at radius 3 is 2.73 bits per heavy atom. The van der Waals surface area contributed by atoms with E-state index in [1.54, 1.807) is 12.3 Å². The Bertz CT molecular complexity index is 877. The van der Waals surface area contributed by atoms with Crippen LogP contribution in [0, 0.1) is 11.3 Å². The van der Waals surface area contributed by atoms with Crippen molar-refractivity contribution in [2.75, 3.05) is 0 Å². The normalized spacial score (nSPS) is 10.1. The maximum Gasteiger partial charge on any atom is 0.335 e. The summed E-state index contributed by atoms with van der Waals surface area (Å²) in [6, 6.07) is 12.4. The number of benzene rings is 1. The van der Waals surface area contributed by atoms with Crippen LogP contribution < -0.4 is 0 Å². The van der Waals surface area contributed by atoms with Crippen molar-refractivity contribution in [3.63, 3.8) is 0 Å². The van der Waals surface area contributed by atoms with Gasteiger partial charge < -0.3 is 10.1 Å². The van der Waals surface area contributed by atoms with Crippen LogP contribution in [0.5, 0.6) is 0 Å². The van der Waals surface area contributed by atoms with Crippen molar-refractivity contribution in [2.24, 2.45) is 0 Å². The molecule has 2 heterocycles. The van der Waals surface area contributed by atoms with Crippen molar-refractivity contribution in [2.45, 2.75) is 0 Å². The Hall–Kier alpha value is -3.39. The third-order valence-corrected chi connectivity index (χ3v) is 3.35. The number of nitriles is 1. The van der Waals surface area contributed by atoms with Crippen LogP contribution in [0.2, 0.25) is 0 Å². The fourth-order valence-corrected chi connectivity index (χ4v) is 2.26. The lowest BCUT2D eigenvalue weighted by Crippen LogP contribution is -1.97. The zero-order valence-corrected chi connectivity index (χ0v) is 11.4. The number of aromatic amines is 1. The number of carbonyl (C=O) groups is 1. The third kappa shape index (κ3) is 2.45. The van der Waals surface area contributed by atoms with E-state index in [9.17, 15) is 10.1 Å². The first-order valence-electron chi connectivity index (χ1n) is 6.56. The van der Waals surface area contributed by atoms with E-state index < -0.39 is 5.97 Å². The Balaban J connectivity index is 2.08. The molecule has 5 heteroatoms. The third-order valence-electron chi connectivity index (χ3n) is 3.35.